The summed E-state index contributed by atoms with van der Waals surface area (Å²) in [5, 5.41) is 0. The highest BCUT2D eigenvalue weighted by Gasteiger charge is 2.10. The fourth-order valence-corrected chi connectivity index (χ4v) is 2.67. The van der Waals surface area contributed by atoms with Gasteiger partial charge >= 0.3 is 0 Å². The van der Waals surface area contributed by atoms with Crippen molar-refractivity contribution in [2.45, 2.75) is 13.3 Å². The Hall–Kier alpha value is -1.07. The van der Waals surface area contributed by atoms with Gasteiger partial charge < -0.3 is 9.47 Å². The number of hydrogen-bond acceptors (Lipinski definition) is 3. The summed E-state index contributed by atoms with van der Waals surface area (Å²) in [7, 11) is 1.63. The van der Waals surface area contributed by atoms with Crippen molar-refractivity contribution in [2.75, 3.05) is 7.11 Å². The third kappa shape index (κ3) is 3.48. The van der Waals surface area contributed by atoms with E-state index < -0.39 is 0 Å². The van der Waals surface area contributed by atoms with Crippen molar-refractivity contribution in [1.29, 1.82) is 0 Å². The summed E-state index contributed by atoms with van der Waals surface area (Å²) in [5.74, 6) is 1.86. The van der Waals surface area contributed by atoms with Crippen LogP contribution in [-0.2, 0) is 6.42 Å². The molecule has 1 aromatic heterocycles. The van der Waals surface area contributed by atoms with Crippen molar-refractivity contribution >= 4 is 31.9 Å². The lowest BCUT2D eigenvalue weighted by atomic mass is 10.1. The Labute approximate surface area is 129 Å². The molecule has 0 amide bonds. The van der Waals surface area contributed by atoms with Crippen LogP contribution in [0.5, 0.6) is 17.4 Å². The summed E-state index contributed by atoms with van der Waals surface area (Å²) < 4.78 is 12.8. The molecule has 0 N–H and O–H groups in total. The molecule has 0 saturated carbocycles. The zero-order chi connectivity index (χ0) is 13.8. The molecular formula is C14H13Br2NO2. The summed E-state index contributed by atoms with van der Waals surface area (Å²) in [5.41, 5.74) is 1.20. The van der Waals surface area contributed by atoms with Gasteiger partial charge in [-0.3, -0.25) is 0 Å². The molecule has 0 spiro atoms. The molecule has 0 bridgehead atoms. The van der Waals surface area contributed by atoms with E-state index >= 15 is 0 Å². The van der Waals surface area contributed by atoms with Crippen LogP contribution >= 0.6 is 31.9 Å². The number of halogens is 2. The third-order valence-corrected chi connectivity index (χ3v) is 3.62. The molecule has 2 rings (SSSR count). The quantitative estimate of drug-likeness (QED) is 0.743. The zero-order valence-corrected chi connectivity index (χ0v) is 13.8. The topological polar surface area (TPSA) is 31.4 Å². The van der Waals surface area contributed by atoms with Crippen LogP contribution in [0.15, 0.2) is 39.4 Å². The minimum Gasteiger partial charge on any atom is -0.493 e. The van der Waals surface area contributed by atoms with Crippen LogP contribution in [0.3, 0.4) is 0 Å². The smallest absolute Gasteiger partial charge is 0.233 e. The largest absolute Gasteiger partial charge is 0.493 e. The first-order chi connectivity index (χ1) is 9.13. The maximum absolute atomic E-state index is 5.78. The molecule has 1 heterocycles. The number of rotatable bonds is 4. The Bertz CT molecular complexity index is 588. The summed E-state index contributed by atoms with van der Waals surface area (Å²) in [4.78, 5) is 4.22. The molecule has 2 aromatic rings. The van der Waals surface area contributed by atoms with Crippen LogP contribution in [0, 0.1) is 0 Å². The highest BCUT2D eigenvalue weighted by Crippen LogP contribution is 2.35. The van der Waals surface area contributed by atoms with E-state index in [1.54, 1.807) is 13.3 Å². The van der Waals surface area contributed by atoms with Crippen LogP contribution in [0.2, 0.25) is 0 Å². The van der Waals surface area contributed by atoms with E-state index in [-0.39, 0.29) is 0 Å². The number of pyridine rings is 1. The van der Waals surface area contributed by atoms with E-state index in [2.05, 4.69) is 43.8 Å². The first kappa shape index (κ1) is 14.3. The number of nitrogens with zero attached hydrogens (tertiary/aromatic N) is 1. The number of aromatic nitrogens is 1. The Morgan fingerprint density at radius 3 is 2.58 bits per heavy atom. The van der Waals surface area contributed by atoms with E-state index in [1.807, 2.05) is 24.3 Å². The summed E-state index contributed by atoms with van der Waals surface area (Å²) in [6, 6.07) is 7.77. The van der Waals surface area contributed by atoms with Crippen molar-refractivity contribution in [3.63, 3.8) is 0 Å². The predicted molar refractivity (Wildman–Crippen MR) is 82.1 cm³/mol. The van der Waals surface area contributed by atoms with Crippen molar-refractivity contribution in [3.8, 4) is 17.4 Å². The fraction of sp³-hybridized carbons (Fsp3) is 0.214. The van der Waals surface area contributed by atoms with E-state index in [4.69, 9.17) is 9.47 Å². The predicted octanol–water partition coefficient (Wildman–Crippen LogP) is 4.97. The van der Waals surface area contributed by atoms with Gasteiger partial charge in [0.15, 0.2) is 11.5 Å². The van der Waals surface area contributed by atoms with Crippen LogP contribution in [0.4, 0.5) is 0 Å². The third-order valence-electron chi connectivity index (χ3n) is 2.62. The first-order valence-electron chi connectivity index (χ1n) is 5.80. The van der Waals surface area contributed by atoms with Crippen LogP contribution in [0.25, 0.3) is 0 Å². The number of methoxy groups -OCH3 is 1. The Balaban J connectivity index is 2.32. The number of hydrogen-bond donors (Lipinski definition) is 0. The Kier molecular flexibility index (Phi) is 4.82. The number of benzene rings is 1. The lowest BCUT2D eigenvalue weighted by Crippen LogP contribution is -1.94. The van der Waals surface area contributed by atoms with Gasteiger partial charge in [0.25, 0.3) is 0 Å². The lowest BCUT2D eigenvalue weighted by Gasteiger charge is -2.11. The monoisotopic (exact) mass is 385 g/mol. The molecule has 3 nitrogen and oxygen atoms in total. The second-order valence-electron chi connectivity index (χ2n) is 3.88. The van der Waals surface area contributed by atoms with E-state index in [0.717, 1.165) is 15.4 Å². The molecule has 0 unspecified atom stereocenters. The molecule has 5 heteroatoms. The van der Waals surface area contributed by atoms with Crippen molar-refractivity contribution in [1.82, 2.24) is 4.98 Å². The normalized spacial score (nSPS) is 10.3. The van der Waals surface area contributed by atoms with E-state index in [1.165, 1.54) is 5.56 Å². The maximum Gasteiger partial charge on any atom is 0.233 e. The Morgan fingerprint density at radius 1 is 1.16 bits per heavy atom. The summed E-state index contributed by atoms with van der Waals surface area (Å²) in [6.45, 7) is 2.10. The minimum atomic E-state index is 0.505. The van der Waals surface area contributed by atoms with Gasteiger partial charge in [-0.15, -0.1) is 0 Å². The van der Waals surface area contributed by atoms with Crippen LogP contribution < -0.4 is 9.47 Å². The van der Waals surface area contributed by atoms with Gasteiger partial charge in [0.2, 0.25) is 5.88 Å². The van der Waals surface area contributed by atoms with Gasteiger partial charge in [-0.1, -0.05) is 13.0 Å². The molecule has 0 saturated heterocycles. The van der Waals surface area contributed by atoms with Crippen molar-refractivity contribution in [2.24, 2.45) is 0 Å². The van der Waals surface area contributed by atoms with Crippen molar-refractivity contribution in [3.05, 3.63) is 45.0 Å². The Morgan fingerprint density at radius 2 is 1.95 bits per heavy atom. The van der Waals surface area contributed by atoms with Gasteiger partial charge in [-0.2, -0.15) is 0 Å². The van der Waals surface area contributed by atoms with E-state index in [9.17, 15) is 0 Å². The van der Waals surface area contributed by atoms with Crippen LogP contribution in [0.1, 0.15) is 12.5 Å². The molecule has 19 heavy (non-hydrogen) atoms. The molecule has 0 aliphatic heterocycles. The molecule has 100 valence electrons. The minimum absolute atomic E-state index is 0.505. The highest BCUT2D eigenvalue weighted by atomic mass is 79.9. The van der Waals surface area contributed by atoms with Gasteiger partial charge in [-0.25, -0.2) is 4.98 Å². The number of aryl methyl sites for hydroxylation is 1. The van der Waals surface area contributed by atoms with Gasteiger partial charge in [-0.05, 0) is 62.0 Å². The maximum atomic E-state index is 5.78. The van der Waals surface area contributed by atoms with E-state index in [0.29, 0.717) is 17.4 Å². The van der Waals surface area contributed by atoms with Crippen LogP contribution in [-0.4, -0.2) is 12.1 Å². The zero-order valence-electron chi connectivity index (χ0n) is 10.6. The standard InChI is InChI=1S/C14H13Br2NO2/c1-3-9-4-5-12(13(6-9)18-2)19-14-11(16)7-10(15)8-17-14/h4-8H,3H2,1-2H3. The van der Waals surface area contributed by atoms with Crippen molar-refractivity contribution < 1.29 is 9.47 Å². The molecule has 0 atom stereocenters. The molecule has 0 aliphatic rings. The van der Waals surface area contributed by atoms with Gasteiger partial charge in [0, 0.05) is 10.7 Å². The second-order valence-corrected chi connectivity index (χ2v) is 5.65. The highest BCUT2D eigenvalue weighted by molar-refractivity contribution is 9.11. The fourth-order valence-electron chi connectivity index (χ4n) is 1.60. The average molecular weight is 387 g/mol. The molecule has 0 radical (unpaired) electrons. The number of ether oxygens (including phenoxy) is 2. The van der Waals surface area contributed by atoms with Gasteiger partial charge in [0.1, 0.15) is 0 Å². The van der Waals surface area contributed by atoms with Gasteiger partial charge in [0.05, 0.1) is 11.6 Å². The lowest BCUT2D eigenvalue weighted by molar-refractivity contribution is 0.373. The molecule has 0 aliphatic carbocycles. The summed E-state index contributed by atoms with van der Waals surface area (Å²) in [6.07, 6.45) is 2.64. The molecular weight excluding hydrogens is 374 g/mol. The molecule has 1 aromatic carbocycles. The first-order valence-corrected chi connectivity index (χ1v) is 7.38. The summed E-state index contributed by atoms with van der Waals surface area (Å²) >= 11 is 6.78. The average Bonchev–Trinajstić information content (AvgIpc) is 2.42. The SMILES string of the molecule is CCc1ccc(Oc2ncc(Br)cc2Br)c(OC)c1. The second kappa shape index (κ2) is 6.39. The molecule has 0 fully saturated rings.